The van der Waals surface area contributed by atoms with Gasteiger partial charge in [0.1, 0.15) is 6.54 Å². The van der Waals surface area contributed by atoms with E-state index in [1.165, 1.54) is 11.8 Å². The summed E-state index contributed by atoms with van der Waals surface area (Å²) >= 11 is 1.52. The number of nitrogens with one attached hydrogen (secondary N) is 1. The summed E-state index contributed by atoms with van der Waals surface area (Å²) in [6.45, 7) is 3.75. The Hall–Kier alpha value is -1.99. The minimum absolute atomic E-state index is 0.156. The van der Waals surface area contributed by atoms with Crippen molar-refractivity contribution in [1.29, 1.82) is 0 Å². The highest BCUT2D eigenvalue weighted by Crippen LogP contribution is 2.24. The summed E-state index contributed by atoms with van der Waals surface area (Å²) in [5.41, 5.74) is 2.64. The highest BCUT2D eigenvalue weighted by molar-refractivity contribution is 7.98. The smallest absolute Gasteiger partial charge is 0.241 e. The van der Waals surface area contributed by atoms with E-state index < -0.39 is 10.0 Å². The van der Waals surface area contributed by atoms with Gasteiger partial charge in [0.2, 0.25) is 15.9 Å². The Balaban J connectivity index is 2.19. The molecule has 2 aromatic rings. The number of carbonyl (C=O) groups is 1. The van der Waals surface area contributed by atoms with Gasteiger partial charge in [-0.2, -0.15) is 0 Å². The molecule has 0 heterocycles. The quantitative estimate of drug-likeness (QED) is 0.678. The summed E-state index contributed by atoms with van der Waals surface area (Å²) in [5.74, 6) is -0.331. The van der Waals surface area contributed by atoms with Crippen LogP contribution >= 0.6 is 11.8 Å². The second-order valence-electron chi connectivity index (χ2n) is 6.41. The Morgan fingerprint density at radius 1 is 1.19 bits per heavy atom. The fraction of sp³-hybridized carbons (Fsp3) is 0.350. The van der Waals surface area contributed by atoms with Crippen LogP contribution in [0.3, 0.4) is 0 Å². The summed E-state index contributed by atoms with van der Waals surface area (Å²) in [6.07, 6.45) is 3.75. The van der Waals surface area contributed by atoms with Gasteiger partial charge in [-0.15, -0.1) is 11.8 Å². The van der Waals surface area contributed by atoms with Gasteiger partial charge in [-0.1, -0.05) is 42.8 Å². The van der Waals surface area contributed by atoms with Crippen LogP contribution < -0.4 is 9.62 Å². The van der Waals surface area contributed by atoms with Crippen molar-refractivity contribution in [3.8, 4) is 0 Å². The Kier molecular flexibility index (Phi) is 7.33. The SMILES string of the molecule is CC[C@@H](NC(=O)CN(c1cccc(SC)c1)S(C)(=O)=O)c1ccc(C)cc1. The van der Waals surface area contributed by atoms with Crippen LogP contribution in [0.5, 0.6) is 0 Å². The number of hydrogen-bond acceptors (Lipinski definition) is 4. The Bertz CT molecular complexity index is 880. The Morgan fingerprint density at radius 3 is 2.41 bits per heavy atom. The minimum Gasteiger partial charge on any atom is -0.348 e. The first-order valence-corrected chi connectivity index (χ1v) is 11.8. The van der Waals surface area contributed by atoms with E-state index in [-0.39, 0.29) is 18.5 Å². The number of sulfonamides is 1. The van der Waals surface area contributed by atoms with Gasteiger partial charge in [0.15, 0.2) is 0 Å². The van der Waals surface area contributed by atoms with E-state index in [2.05, 4.69) is 5.32 Å². The highest BCUT2D eigenvalue weighted by Gasteiger charge is 2.22. The van der Waals surface area contributed by atoms with Crippen LogP contribution in [0.4, 0.5) is 5.69 Å². The molecule has 2 rings (SSSR count). The third-order valence-corrected chi connectivity index (χ3v) is 6.12. The number of anilines is 1. The van der Waals surface area contributed by atoms with Gasteiger partial charge in [0.05, 0.1) is 18.0 Å². The van der Waals surface area contributed by atoms with Crippen LogP contribution in [-0.4, -0.2) is 33.4 Å². The molecular weight excluding hydrogens is 380 g/mol. The third-order valence-electron chi connectivity index (χ3n) is 4.25. The molecule has 0 radical (unpaired) electrons. The molecule has 0 saturated carbocycles. The van der Waals surface area contributed by atoms with E-state index in [1.54, 1.807) is 18.2 Å². The molecule has 0 bridgehead atoms. The van der Waals surface area contributed by atoms with Crippen LogP contribution in [-0.2, 0) is 14.8 Å². The standard InChI is InChI=1S/C20H26N2O3S2/c1-5-19(16-11-9-15(2)10-12-16)21-20(23)14-22(27(4,24)25)17-7-6-8-18(13-17)26-3/h6-13,19H,5,14H2,1-4H3,(H,21,23)/t19-/m1/s1. The maximum Gasteiger partial charge on any atom is 0.241 e. The fourth-order valence-electron chi connectivity index (χ4n) is 2.76. The highest BCUT2D eigenvalue weighted by atomic mass is 32.2. The zero-order valence-electron chi connectivity index (χ0n) is 16.1. The Labute approximate surface area is 166 Å². The summed E-state index contributed by atoms with van der Waals surface area (Å²) in [6, 6.07) is 15.0. The van der Waals surface area contributed by atoms with E-state index in [4.69, 9.17) is 0 Å². The monoisotopic (exact) mass is 406 g/mol. The topological polar surface area (TPSA) is 66.5 Å². The summed E-state index contributed by atoms with van der Waals surface area (Å²) in [4.78, 5) is 13.6. The predicted octanol–water partition coefficient (Wildman–Crippen LogP) is 3.75. The molecule has 0 fully saturated rings. The normalized spacial score (nSPS) is 12.4. The van der Waals surface area contributed by atoms with Gasteiger partial charge in [0, 0.05) is 4.90 Å². The first-order valence-electron chi connectivity index (χ1n) is 8.72. The van der Waals surface area contributed by atoms with Crippen LogP contribution in [0.25, 0.3) is 0 Å². The molecule has 0 aliphatic heterocycles. The van der Waals surface area contributed by atoms with E-state index >= 15 is 0 Å². The number of thioether (sulfide) groups is 1. The molecule has 0 saturated heterocycles. The second-order valence-corrected chi connectivity index (χ2v) is 9.20. The number of aryl methyl sites for hydroxylation is 1. The summed E-state index contributed by atoms with van der Waals surface area (Å²) in [7, 11) is -3.59. The van der Waals surface area contributed by atoms with Gasteiger partial charge in [-0.3, -0.25) is 9.10 Å². The van der Waals surface area contributed by atoms with Gasteiger partial charge in [0.25, 0.3) is 0 Å². The lowest BCUT2D eigenvalue weighted by molar-refractivity contribution is -0.120. The average Bonchev–Trinajstić information content (AvgIpc) is 2.64. The van der Waals surface area contributed by atoms with Crippen molar-refractivity contribution < 1.29 is 13.2 Å². The van der Waals surface area contributed by atoms with Gasteiger partial charge in [-0.25, -0.2) is 8.42 Å². The first-order chi connectivity index (χ1) is 12.7. The van der Waals surface area contributed by atoms with Gasteiger partial charge in [-0.05, 0) is 43.4 Å². The average molecular weight is 407 g/mol. The molecule has 0 aliphatic rings. The molecule has 1 amide bonds. The van der Waals surface area contributed by atoms with E-state index in [0.29, 0.717) is 5.69 Å². The molecule has 5 nitrogen and oxygen atoms in total. The number of nitrogens with zero attached hydrogens (tertiary/aromatic N) is 1. The molecule has 2 aromatic carbocycles. The number of rotatable bonds is 8. The lowest BCUT2D eigenvalue weighted by Gasteiger charge is -2.24. The van der Waals surface area contributed by atoms with Crippen molar-refractivity contribution >= 4 is 33.4 Å². The molecule has 0 spiro atoms. The molecule has 0 aromatic heterocycles. The number of benzene rings is 2. The fourth-order valence-corrected chi connectivity index (χ4v) is 4.06. The maximum atomic E-state index is 12.6. The Morgan fingerprint density at radius 2 is 1.85 bits per heavy atom. The predicted molar refractivity (Wildman–Crippen MR) is 113 cm³/mol. The van der Waals surface area contributed by atoms with E-state index in [1.807, 2.05) is 50.4 Å². The van der Waals surface area contributed by atoms with E-state index in [9.17, 15) is 13.2 Å². The molecule has 146 valence electrons. The summed E-state index contributed by atoms with van der Waals surface area (Å²) in [5, 5.41) is 2.95. The maximum absolute atomic E-state index is 12.6. The van der Waals surface area contributed by atoms with Crippen molar-refractivity contribution in [2.45, 2.75) is 31.2 Å². The molecule has 7 heteroatoms. The van der Waals surface area contributed by atoms with Crippen LogP contribution in [0, 0.1) is 6.92 Å². The lowest BCUT2D eigenvalue weighted by Crippen LogP contribution is -2.41. The third kappa shape index (κ3) is 6.01. The van der Waals surface area contributed by atoms with Crippen molar-refractivity contribution in [3.05, 3.63) is 59.7 Å². The number of carbonyl (C=O) groups excluding carboxylic acids is 1. The largest absolute Gasteiger partial charge is 0.348 e. The van der Waals surface area contributed by atoms with Crippen molar-refractivity contribution in [2.75, 3.05) is 23.4 Å². The van der Waals surface area contributed by atoms with Crippen molar-refractivity contribution in [2.24, 2.45) is 0 Å². The number of hydrogen-bond donors (Lipinski definition) is 1. The minimum atomic E-state index is -3.59. The molecule has 0 aliphatic carbocycles. The first kappa shape index (κ1) is 21.3. The van der Waals surface area contributed by atoms with Crippen LogP contribution in [0.1, 0.15) is 30.5 Å². The van der Waals surface area contributed by atoms with Crippen molar-refractivity contribution in [1.82, 2.24) is 5.32 Å². The van der Waals surface area contributed by atoms with Crippen LogP contribution in [0.15, 0.2) is 53.4 Å². The zero-order valence-corrected chi connectivity index (χ0v) is 17.7. The molecule has 1 N–H and O–H groups in total. The molecule has 0 unspecified atom stereocenters. The molecular formula is C20H26N2O3S2. The van der Waals surface area contributed by atoms with Crippen LogP contribution in [0.2, 0.25) is 0 Å². The van der Waals surface area contributed by atoms with Gasteiger partial charge >= 0.3 is 0 Å². The molecule has 27 heavy (non-hydrogen) atoms. The summed E-state index contributed by atoms with van der Waals surface area (Å²) < 4.78 is 25.7. The molecule has 1 atom stereocenters. The zero-order chi connectivity index (χ0) is 20.0. The second kappa shape index (κ2) is 9.28. The van der Waals surface area contributed by atoms with E-state index in [0.717, 1.165) is 33.0 Å². The number of amides is 1. The van der Waals surface area contributed by atoms with Gasteiger partial charge < -0.3 is 5.32 Å². The lowest BCUT2D eigenvalue weighted by atomic mass is 10.0. The van der Waals surface area contributed by atoms with Crippen molar-refractivity contribution in [3.63, 3.8) is 0 Å².